The lowest BCUT2D eigenvalue weighted by atomic mass is 10.1. The first kappa shape index (κ1) is 13.9. The second kappa shape index (κ2) is 5.92. The smallest absolute Gasteiger partial charge is 0.378 e. The maximum Gasteiger partial charge on any atom is 0.378 e. The van der Waals surface area contributed by atoms with Gasteiger partial charge in [-0.1, -0.05) is 11.6 Å². The molecule has 0 aliphatic rings. The number of ketones is 1. The van der Waals surface area contributed by atoms with Crippen molar-refractivity contribution in [2.45, 2.75) is 0 Å². The Hall–Kier alpha value is -2.21. The summed E-state index contributed by atoms with van der Waals surface area (Å²) in [6.07, 6.45) is 2.07. The Bertz CT molecular complexity index is 538. The van der Waals surface area contributed by atoms with E-state index in [2.05, 4.69) is 4.74 Å². The third-order valence-electron chi connectivity index (χ3n) is 1.99. The zero-order valence-electron chi connectivity index (χ0n) is 9.25. The molecule has 0 spiro atoms. The Morgan fingerprint density at radius 1 is 1.44 bits per heavy atom. The maximum absolute atomic E-state index is 11.1. The maximum atomic E-state index is 11.1. The van der Waals surface area contributed by atoms with E-state index in [4.69, 9.17) is 11.6 Å². The van der Waals surface area contributed by atoms with Gasteiger partial charge in [-0.05, 0) is 24.3 Å². The highest BCUT2D eigenvalue weighted by Crippen LogP contribution is 2.24. The Balaban J connectivity index is 3.04. The lowest BCUT2D eigenvalue weighted by molar-refractivity contribution is -0.385. The number of carbonyl (C=O) groups excluding carboxylic acids is 2. The van der Waals surface area contributed by atoms with Crippen LogP contribution in [-0.4, -0.2) is 23.8 Å². The van der Waals surface area contributed by atoms with Crippen LogP contribution in [0.4, 0.5) is 5.69 Å². The molecule has 0 amide bonds. The van der Waals surface area contributed by atoms with Crippen LogP contribution in [0.1, 0.15) is 5.56 Å². The molecule has 0 fully saturated rings. The summed E-state index contributed by atoms with van der Waals surface area (Å²) in [5.74, 6) is -1.94. The number of nitro benzene ring substituents is 1. The Labute approximate surface area is 107 Å². The van der Waals surface area contributed by atoms with Gasteiger partial charge < -0.3 is 4.74 Å². The molecule has 0 bridgehead atoms. The van der Waals surface area contributed by atoms with Crippen molar-refractivity contribution < 1.29 is 19.2 Å². The third-order valence-corrected chi connectivity index (χ3v) is 2.23. The fourth-order valence-corrected chi connectivity index (χ4v) is 1.32. The highest BCUT2D eigenvalue weighted by atomic mass is 35.5. The Kier molecular flexibility index (Phi) is 4.56. The molecule has 0 atom stereocenters. The zero-order chi connectivity index (χ0) is 13.7. The molecule has 0 saturated carbocycles. The monoisotopic (exact) mass is 269 g/mol. The molecule has 1 aromatic carbocycles. The van der Waals surface area contributed by atoms with Crippen LogP contribution in [0.5, 0.6) is 0 Å². The quantitative estimate of drug-likeness (QED) is 0.274. The highest BCUT2D eigenvalue weighted by Gasteiger charge is 2.14. The minimum atomic E-state index is -1.04. The Morgan fingerprint density at radius 3 is 2.67 bits per heavy atom. The SMILES string of the molecule is COC(=O)C(=O)/C=C/c1ccc(Cl)cc1[N+](=O)[O-]. The van der Waals surface area contributed by atoms with Crippen molar-refractivity contribution in [3.8, 4) is 0 Å². The number of hydrogen-bond acceptors (Lipinski definition) is 5. The van der Waals surface area contributed by atoms with Crippen LogP contribution in [0.25, 0.3) is 6.08 Å². The molecular formula is C11H8ClNO5. The van der Waals surface area contributed by atoms with E-state index in [1.807, 2.05) is 0 Å². The number of esters is 1. The number of carbonyl (C=O) groups is 2. The summed E-state index contributed by atoms with van der Waals surface area (Å²) < 4.78 is 4.20. The molecular weight excluding hydrogens is 262 g/mol. The van der Waals surface area contributed by atoms with Crippen LogP contribution in [0.15, 0.2) is 24.3 Å². The number of methoxy groups -OCH3 is 1. The van der Waals surface area contributed by atoms with Crippen LogP contribution in [0.3, 0.4) is 0 Å². The highest BCUT2D eigenvalue weighted by molar-refractivity contribution is 6.39. The van der Waals surface area contributed by atoms with Gasteiger partial charge >= 0.3 is 5.97 Å². The van der Waals surface area contributed by atoms with Gasteiger partial charge in [0.1, 0.15) is 0 Å². The summed E-state index contributed by atoms with van der Waals surface area (Å²) in [5.41, 5.74) is -0.0851. The van der Waals surface area contributed by atoms with Crippen molar-refractivity contribution >= 4 is 35.1 Å². The molecule has 0 aromatic heterocycles. The first-order valence-electron chi connectivity index (χ1n) is 4.70. The fourth-order valence-electron chi connectivity index (χ4n) is 1.15. The predicted molar refractivity (Wildman–Crippen MR) is 64.2 cm³/mol. The van der Waals surface area contributed by atoms with Gasteiger partial charge in [0.05, 0.1) is 17.6 Å². The van der Waals surface area contributed by atoms with Gasteiger partial charge in [-0.15, -0.1) is 0 Å². The molecule has 94 valence electrons. The number of rotatable bonds is 4. The fraction of sp³-hybridized carbons (Fsp3) is 0.0909. The molecule has 18 heavy (non-hydrogen) atoms. The summed E-state index contributed by atoms with van der Waals surface area (Å²) in [5, 5.41) is 11.0. The lowest BCUT2D eigenvalue weighted by Crippen LogP contribution is -2.12. The van der Waals surface area contributed by atoms with E-state index in [-0.39, 0.29) is 16.3 Å². The van der Waals surface area contributed by atoms with E-state index in [9.17, 15) is 19.7 Å². The number of halogens is 1. The van der Waals surface area contributed by atoms with Crippen molar-refractivity contribution in [2.75, 3.05) is 7.11 Å². The second-order valence-electron chi connectivity index (χ2n) is 3.15. The van der Waals surface area contributed by atoms with Crippen LogP contribution in [0.2, 0.25) is 5.02 Å². The van der Waals surface area contributed by atoms with Gasteiger partial charge in [-0.3, -0.25) is 14.9 Å². The van der Waals surface area contributed by atoms with Gasteiger partial charge in [0, 0.05) is 11.1 Å². The van der Waals surface area contributed by atoms with E-state index in [1.54, 1.807) is 0 Å². The van der Waals surface area contributed by atoms with E-state index in [0.29, 0.717) is 0 Å². The van der Waals surface area contributed by atoms with Gasteiger partial charge in [-0.2, -0.15) is 0 Å². The first-order valence-corrected chi connectivity index (χ1v) is 5.08. The average Bonchev–Trinajstić information content (AvgIpc) is 2.35. The van der Waals surface area contributed by atoms with Crippen molar-refractivity contribution in [3.63, 3.8) is 0 Å². The van der Waals surface area contributed by atoms with Gasteiger partial charge in [0.25, 0.3) is 11.5 Å². The van der Waals surface area contributed by atoms with Crippen LogP contribution < -0.4 is 0 Å². The average molecular weight is 270 g/mol. The molecule has 7 heteroatoms. The zero-order valence-corrected chi connectivity index (χ0v) is 10.0. The van der Waals surface area contributed by atoms with Crippen molar-refractivity contribution in [1.82, 2.24) is 0 Å². The topological polar surface area (TPSA) is 86.5 Å². The molecule has 0 unspecified atom stereocenters. The number of nitrogens with zero attached hydrogens (tertiary/aromatic N) is 1. The summed E-state index contributed by atoms with van der Waals surface area (Å²) in [4.78, 5) is 32.1. The predicted octanol–water partition coefficient (Wildman–Crippen LogP) is 2.00. The van der Waals surface area contributed by atoms with Gasteiger partial charge in [0.15, 0.2) is 0 Å². The molecule has 0 saturated heterocycles. The van der Waals surface area contributed by atoms with E-state index in [0.717, 1.165) is 25.3 Å². The molecule has 1 rings (SSSR count). The van der Waals surface area contributed by atoms with Crippen molar-refractivity contribution in [1.29, 1.82) is 0 Å². The van der Waals surface area contributed by atoms with Crippen LogP contribution >= 0.6 is 11.6 Å². The molecule has 0 radical (unpaired) electrons. The minimum Gasteiger partial charge on any atom is -0.463 e. The number of ether oxygens (including phenoxy) is 1. The van der Waals surface area contributed by atoms with Gasteiger partial charge in [0.2, 0.25) is 0 Å². The summed E-state index contributed by atoms with van der Waals surface area (Å²) >= 11 is 5.63. The molecule has 0 aliphatic carbocycles. The van der Waals surface area contributed by atoms with Crippen molar-refractivity contribution in [2.24, 2.45) is 0 Å². The standard InChI is InChI=1S/C11H8ClNO5/c1-18-11(15)10(14)5-3-7-2-4-8(12)6-9(7)13(16)17/h2-6H,1H3/b5-3+. The lowest BCUT2D eigenvalue weighted by Gasteiger charge is -1.98. The van der Waals surface area contributed by atoms with Gasteiger partial charge in [-0.25, -0.2) is 4.79 Å². The first-order chi connectivity index (χ1) is 8.45. The van der Waals surface area contributed by atoms with E-state index in [1.165, 1.54) is 12.1 Å². The van der Waals surface area contributed by atoms with Crippen molar-refractivity contribution in [3.05, 3.63) is 45.0 Å². The summed E-state index contributed by atoms with van der Waals surface area (Å²) in [6, 6.07) is 3.97. The second-order valence-corrected chi connectivity index (χ2v) is 3.59. The molecule has 0 N–H and O–H groups in total. The summed E-state index contributed by atoms with van der Waals surface area (Å²) in [7, 11) is 1.07. The summed E-state index contributed by atoms with van der Waals surface area (Å²) in [6.45, 7) is 0. The van der Waals surface area contributed by atoms with Crippen LogP contribution in [0, 0.1) is 10.1 Å². The third kappa shape index (κ3) is 3.39. The van der Waals surface area contributed by atoms with E-state index >= 15 is 0 Å². The van der Waals surface area contributed by atoms with E-state index < -0.39 is 16.7 Å². The molecule has 0 aliphatic heterocycles. The number of nitro groups is 1. The minimum absolute atomic E-state index is 0.168. The molecule has 1 aromatic rings. The molecule has 6 nitrogen and oxygen atoms in total. The Morgan fingerprint density at radius 2 is 2.11 bits per heavy atom. The molecule has 0 heterocycles. The van der Waals surface area contributed by atoms with Crippen LogP contribution in [-0.2, 0) is 14.3 Å². The number of hydrogen-bond donors (Lipinski definition) is 0. The largest absolute Gasteiger partial charge is 0.463 e. The number of benzene rings is 1. The normalized spacial score (nSPS) is 10.3.